The van der Waals surface area contributed by atoms with Gasteiger partial charge >= 0.3 is 6.29 Å². The van der Waals surface area contributed by atoms with Crippen molar-refractivity contribution >= 4 is 0 Å². The second-order valence-corrected chi connectivity index (χ2v) is 3.94. The van der Waals surface area contributed by atoms with Crippen molar-refractivity contribution in [2.45, 2.75) is 18.5 Å². The number of hydrogen-bond acceptors (Lipinski definition) is 5. The predicted molar refractivity (Wildman–Crippen MR) is 57.5 cm³/mol. The van der Waals surface area contributed by atoms with Gasteiger partial charge in [-0.25, -0.2) is 0 Å². The summed E-state index contributed by atoms with van der Waals surface area (Å²) in [6, 6.07) is 3.88. The number of fused-ring (bicyclic) bond motifs is 1. The lowest BCUT2D eigenvalue weighted by atomic mass is 10.0. The third kappa shape index (κ3) is 2.53. The van der Waals surface area contributed by atoms with Crippen LogP contribution in [0.1, 0.15) is 11.7 Å². The number of nitrogens with one attached hydrogen (secondary N) is 1. The molecule has 0 saturated heterocycles. The molecule has 7 heteroatoms. The van der Waals surface area contributed by atoms with Crippen LogP contribution in [-0.4, -0.2) is 36.2 Å². The monoisotopic (exact) mass is 261 g/mol. The smallest absolute Gasteiger partial charge is 0.395 e. The van der Waals surface area contributed by atoms with Crippen molar-refractivity contribution in [1.82, 2.24) is 5.32 Å². The summed E-state index contributed by atoms with van der Waals surface area (Å²) < 4.78 is 34.1. The highest BCUT2D eigenvalue weighted by Gasteiger charge is 2.43. The molecule has 1 aromatic rings. The van der Waals surface area contributed by atoms with Crippen LogP contribution in [0.5, 0.6) is 11.5 Å². The number of hydrogen-bond donors (Lipinski definition) is 3. The van der Waals surface area contributed by atoms with E-state index in [2.05, 4.69) is 14.8 Å². The highest BCUT2D eigenvalue weighted by atomic mass is 19.3. The zero-order valence-electron chi connectivity index (χ0n) is 9.56. The Labute approximate surface area is 102 Å². The van der Waals surface area contributed by atoms with Gasteiger partial charge in [0.15, 0.2) is 11.5 Å². The van der Waals surface area contributed by atoms with Crippen LogP contribution in [-0.2, 0) is 0 Å². The predicted octanol–water partition coefficient (Wildman–Crippen LogP) is 0.622. The van der Waals surface area contributed by atoms with Gasteiger partial charge in [-0.1, -0.05) is 6.07 Å². The van der Waals surface area contributed by atoms with Crippen molar-refractivity contribution in [1.29, 1.82) is 0 Å². The first-order valence-corrected chi connectivity index (χ1v) is 5.33. The van der Waals surface area contributed by atoms with Crippen LogP contribution in [0.15, 0.2) is 18.2 Å². The third-order valence-electron chi connectivity index (χ3n) is 2.54. The first-order chi connectivity index (χ1) is 8.43. The number of benzene rings is 1. The van der Waals surface area contributed by atoms with E-state index >= 15 is 0 Å². The van der Waals surface area contributed by atoms with Gasteiger partial charge in [0.25, 0.3) is 0 Å². The van der Waals surface area contributed by atoms with E-state index in [4.69, 9.17) is 0 Å². The Kier molecular flexibility index (Phi) is 3.38. The zero-order valence-corrected chi connectivity index (χ0v) is 9.56. The van der Waals surface area contributed by atoms with E-state index in [9.17, 15) is 19.0 Å². The fourth-order valence-corrected chi connectivity index (χ4v) is 1.69. The summed E-state index contributed by atoms with van der Waals surface area (Å²) in [5.74, 6) is -0.257. The van der Waals surface area contributed by atoms with Gasteiger partial charge in [-0.05, 0) is 24.7 Å². The summed E-state index contributed by atoms with van der Waals surface area (Å²) in [5, 5.41) is 22.1. The van der Waals surface area contributed by atoms with E-state index in [0.29, 0.717) is 0 Å². The first-order valence-electron chi connectivity index (χ1n) is 5.33. The van der Waals surface area contributed by atoms with Crippen LogP contribution in [0.3, 0.4) is 0 Å². The summed E-state index contributed by atoms with van der Waals surface area (Å²) in [7, 11) is 1.62. The minimum absolute atomic E-state index is 0.0981. The van der Waals surface area contributed by atoms with Gasteiger partial charge in [-0.2, -0.15) is 0 Å². The molecule has 18 heavy (non-hydrogen) atoms. The maximum atomic E-state index is 12.8. The van der Waals surface area contributed by atoms with Crippen LogP contribution in [0.25, 0.3) is 0 Å². The molecule has 100 valence electrons. The van der Waals surface area contributed by atoms with E-state index in [1.165, 1.54) is 18.2 Å². The number of halogens is 2. The first kappa shape index (κ1) is 13.0. The maximum absolute atomic E-state index is 12.8. The van der Waals surface area contributed by atoms with E-state index in [1.54, 1.807) is 7.05 Å². The number of likely N-dealkylation sites (N-methyl/N-ethyl adjacent to an activating group) is 1. The number of aliphatic hydroxyl groups is 2. The molecule has 0 fully saturated rings. The normalized spacial score (nSPS) is 19.6. The molecule has 3 N–H and O–H groups in total. The quantitative estimate of drug-likeness (QED) is 0.741. The van der Waals surface area contributed by atoms with Gasteiger partial charge in [0.05, 0.1) is 6.10 Å². The van der Waals surface area contributed by atoms with Crippen molar-refractivity contribution < 1.29 is 28.5 Å². The molecule has 1 heterocycles. The third-order valence-corrected chi connectivity index (χ3v) is 2.54. The molecule has 0 amide bonds. The van der Waals surface area contributed by atoms with Gasteiger partial charge < -0.3 is 25.0 Å². The topological polar surface area (TPSA) is 71.0 Å². The second-order valence-electron chi connectivity index (χ2n) is 3.94. The van der Waals surface area contributed by atoms with E-state index in [1.807, 2.05) is 0 Å². The number of aliphatic hydroxyl groups excluding tert-OH is 2. The zero-order chi connectivity index (χ0) is 13.3. The van der Waals surface area contributed by atoms with E-state index in [-0.39, 0.29) is 23.6 Å². The van der Waals surface area contributed by atoms with Gasteiger partial charge in [-0.15, -0.1) is 8.78 Å². The van der Waals surface area contributed by atoms with Crippen molar-refractivity contribution in [3.63, 3.8) is 0 Å². The van der Waals surface area contributed by atoms with Gasteiger partial charge in [0.1, 0.15) is 6.10 Å². The summed E-state index contributed by atoms with van der Waals surface area (Å²) in [6.07, 6.45) is -5.92. The SMILES string of the molecule is CNCC(O)C(O)c1ccc2c(c1)OC(F)(F)O2. The number of rotatable bonds is 4. The van der Waals surface area contributed by atoms with Crippen LogP contribution < -0.4 is 14.8 Å². The maximum Gasteiger partial charge on any atom is 0.586 e. The minimum Gasteiger partial charge on any atom is -0.395 e. The Balaban J connectivity index is 2.18. The highest BCUT2D eigenvalue weighted by molar-refractivity contribution is 5.45. The van der Waals surface area contributed by atoms with E-state index < -0.39 is 18.5 Å². The molecule has 0 radical (unpaired) electrons. The molecule has 1 aliphatic rings. The molecule has 2 rings (SSSR count). The van der Waals surface area contributed by atoms with Gasteiger partial charge in [0.2, 0.25) is 0 Å². The molecular weight excluding hydrogens is 248 g/mol. The van der Waals surface area contributed by atoms with Gasteiger partial charge in [0, 0.05) is 6.54 Å². The van der Waals surface area contributed by atoms with Crippen molar-refractivity contribution in [2.24, 2.45) is 0 Å². The summed E-state index contributed by atoms with van der Waals surface area (Å²) in [4.78, 5) is 0. The second kappa shape index (κ2) is 4.68. The van der Waals surface area contributed by atoms with Crippen molar-refractivity contribution in [3.8, 4) is 11.5 Å². The molecule has 1 aliphatic heterocycles. The molecule has 0 spiro atoms. The largest absolute Gasteiger partial charge is 0.586 e. The van der Waals surface area contributed by atoms with Crippen LogP contribution in [0.2, 0.25) is 0 Å². The molecule has 2 unspecified atom stereocenters. The average Bonchev–Trinajstić information content (AvgIpc) is 2.60. The molecule has 0 aliphatic carbocycles. The Hall–Kier alpha value is -1.44. The lowest BCUT2D eigenvalue weighted by Crippen LogP contribution is -2.29. The molecule has 0 bridgehead atoms. The van der Waals surface area contributed by atoms with Crippen LogP contribution in [0, 0.1) is 0 Å². The number of alkyl halides is 2. The van der Waals surface area contributed by atoms with E-state index in [0.717, 1.165) is 0 Å². The van der Waals surface area contributed by atoms with Crippen LogP contribution >= 0.6 is 0 Å². The summed E-state index contributed by atoms with van der Waals surface area (Å²) >= 11 is 0. The Morgan fingerprint density at radius 2 is 1.94 bits per heavy atom. The molecule has 0 saturated carbocycles. The Bertz CT molecular complexity index is 441. The highest BCUT2D eigenvalue weighted by Crippen LogP contribution is 2.42. The standard InChI is InChI=1S/C11H13F2NO4/c1-14-5-7(15)10(16)6-2-3-8-9(4-6)18-11(12,13)17-8/h2-4,7,10,14-16H,5H2,1H3. The van der Waals surface area contributed by atoms with Crippen molar-refractivity contribution in [2.75, 3.05) is 13.6 Å². The molecule has 1 aromatic carbocycles. The summed E-state index contributed by atoms with van der Waals surface area (Å²) in [6.45, 7) is 0.172. The molecule has 5 nitrogen and oxygen atoms in total. The summed E-state index contributed by atoms with van der Waals surface area (Å²) in [5.41, 5.74) is 0.276. The Morgan fingerprint density at radius 1 is 1.28 bits per heavy atom. The lowest BCUT2D eigenvalue weighted by Gasteiger charge is -2.17. The molecule has 2 atom stereocenters. The molecule has 0 aromatic heterocycles. The number of ether oxygens (including phenoxy) is 2. The fraction of sp³-hybridized carbons (Fsp3) is 0.455. The minimum atomic E-state index is -3.69. The fourth-order valence-electron chi connectivity index (χ4n) is 1.69. The molecular formula is C11H13F2NO4. The Morgan fingerprint density at radius 3 is 2.61 bits per heavy atom. The van der Waals surface area contributed by atoms with Crippen LogP contribution in [0.4, 0.5) is 8.78 Å². The lowest BCUT2D eigenvalue weighted by molar-refractivity contribution is -0.286. The van der Waals surface area contributed by atoms with Gasteiger partial charge in [-0.3, -0.25) is 0 Å². The average molecular weight is 261 g/mol. The van der Waals surface area contributed by atoms with Crippen molar-refractivity contribution in [3.05, 3.63) is 23.8 Å².